The van der Waals surface area contributed by atoms with E-state index in [0.29, 0.717) is 6.54 Å². The third kappa shape index (κ3) is 4.92. The Labute approximate surface area is 154 Å². The fraction of sp³-hybridized carbons (Fsp3) is 0.250. The molecule has 0 radical (unpaired) electrons. The van der Waals surface area contributed by atoms with Gasteiger partial charge in [0.2, 0.25) is 0 Å². The Balaban J connectivity index is 0.00000225. The minimum atomic E-state index is -0.544. The van der Waals surface area contributed by atoms with Crippen molar-refractivity contribution in [3.05, 3.63) is 60.7 Å². The summed E-state index contributed by atoms with van der Waals surface area (Å²) >= 11 is 0. The quantitative estimate of drug-likeness (QED) is 0.676. The molecule has 0 aliphatic heterocycles. The molecule has 0 spiro atoms. The summed E-state index contributed by atoms with van der Waals surface area (Å²) in [6.45, 7) is 3.60. The Hall–Kier alpha value is -2.14. The molecule has 132 valence electrons. The molecule has 0 aliphatic rings. The van der Waals surface area contributed by atoms with Gasteiger partial charge in [0.15, 0.2) is 0 Å². The molecule has 2 N–H and O–H groups in total. The highest BCUT2D eigenvalue weighted by Crippen LogP contribution is 2.30. The number of benzene rings is 2. The molecule has 0 saturated carbocycles. The minimum Gasteiger partial charge on any atom is -0.490 e. The van der Waals surface area contributed by atoms with E-state index in [2.05, 4.69) is 5.32 Å². The number of nitrogens with zero attached hydrogens (tertiary/aromatic N) is 1. The van der Waals surface area contributed by atoms with E-state index in [1.165, 1.54) is 0 Å². The Morgan fingerprint density at radius 1 is 1.08 bits per heavy atom. The first-order chi connectivity index (χ1) is 11.8. The molecule has 5 heteroatoms. The van der Waals surface area contributed by atoms with E-state index in [1.54, 1.807) is 0 Å². The van der Waals surface area contributed by atoms with Gasteiger partial charge in [-0.05, 0) is 18.7 Å². The lowest BCUT2D eigenvalue weighted by atomic mass is 10.1. The average Bonchev–Trinajstić information content (AvgIpc) is 2.65. The summed E-state index contributed by atoms with van der Waals surface area (Å²) in [6.07, 6.45) is -0.544. The van der Waals surface area contributed by atoms with Crippen molar-refractivity contribution in [3.8, 4) is 17.0 Å². The van der Waals surface area contributed by atoms with Crippen LogP contribution in [0.4, 0.5) is 0 Å². The molecule has 1 aromatic heterocycles. The number of aliphatic hydroxyl groups excluding tert-OH is 1. The number of aliphatic hydroxyl groups is 1. The van der Waals surface area contributed by atoms with Crippen molar-refractivity contribution < 1.29 is 9.84 Å². The zero-order chi connectivity index (χ0) is 16.8. The summed E-state index contributed by atoms with van der Waals surface area (Å²) < 4.78 is 5.91. The van der Waals surface area contributed by atoms with Crippen LogP contribution >= 0.6 is 12.4 Å². The van der Waals surface area contributed by atoms with Gasteiger partial charge in [-0.2, -0.15) is 0 Å². The van der Waals surface area contributed by atoms with Gasteiger partial charge in [-0.3, -0.25) is 0 Å². The SMILES string of the molecule is CCNCC(O)COc1cc(-c2ccccc2)nc2ccccc12.Cl. The van der Waals surface area contributed by atoms with Crippen LogP contribution in [0.15, 0.2) is 60.7 Å². The van der Waals surface area contributed by atoms with Gasteiger partial charge < -0.3 is 15.2 Å². The van der Waals surface area contributed by atoms with Crippen molar-refractivity contribution in [3.63, 3.8) is 0 Å². The highest BCUT2D eigenvalue weighted by molar-refractivity contribution is 5.87. The van der Waals surface area contributed by atoms with Crippen molar-refractivity contribution >= 4 is 23.3 Å². The van der Waals surface area contributed by atoms with Gasteiger partial charge in [-0.15, -0.1) is 12.4 Å². The molecule has 1 atom stereocenters. The number of para-hydroxylation sites is 1. The highest BCUT2D eigenvalue weighted by atomic mass is 35.5. The maximum Gasteiger partial charge on any atom is 0.131 e. The first-order valence-electron chi connectivity index (χ1n) is 8.24. The van der Waals surface area contributed by atoms with Crippen molar-refractivity contribution in [1.29, 1.82) is 0 Å². The summed E-state index contributed by atoms with van der Waals surface area (Å²) in [6, 6.07) is 19.9. The van der Waals surface area contributed by atoms with E-state index >= 15 is 0 Å². The molecular formula is C20H23ClN2O2. The number of halogens is 1. The molecule has 1 heterocycles. The second kappa shape index (κ2) is 9.37. The second-order valence-electron chi connectivity index (χ2n) is 5.66. The number of fused-ring (bicyclic) bond motifs is 1. The number of rotatable bonds is 7. The minimum absolute atomic E-state index is 0. The maximum atomic E-state index is 10.00. The number of hydrogen-bond acceptors (Lipinski definition) is 4. The largest absolute Gasteiger partial charge is 0.490 e. The molecule has 25 heavy (non-hydrogen) atoms. The van der Waals surface area contributed by atoms with Gasteiger partial charge in [0.05, 0.1) is 11.2 Å². The summed E-state index contributed by atoms with van der Waals surface area (Å²) in [4.78, 5) is 4.73. The lowest BCUT2D eigenvalue weighted by molar-refractivity contribution is 0.108. The van der Waals surface area contributed by atoms with Crippen LogP contribution < -0.4 is 10.1 Å². The Bertz CT molecular complexity index is 796. The molecule has 2 aromatic carbocycles. The molecular weight excluding hydrogens is 336 g/mol. The number of aromatic nitrogens is 1. The highest BCUT2D eigenvalue weighted by Gasteiger charge is 2.10. The van der Waals surface area contributed by atoms with E-state index in [-0.39, 0.29) is 19.0 Å². The molecule has 4 nitrogen and oxygen atoms in total. The van der Waals surface area contributed by atoms with Gasteiger partial charge in [0, 0.05) is 23.6 Å². The van der Waals surface area contributed by atoms with Crippen LogP contribution in [-0.2, 0) is 0 Å². The summed E-state index contributed by atoms with van der Waals surface area (Å²) in [7, 11) is 0. The van der Waals surface area contributed by atoms with E-state index in [0.717, 1.165) is 34.5 Å². The lowest BCUT2D eigenvalue weighted by Gasteiger charge is -2.15. The topological polar surface area (TPSA) is 54.4 Å². The number of hydrogen-bond donors (Lipinski definition) is 2. The third-order valence-electron chi connectivity index (χ3n) is 3.81. The third-order valence-corrected chi connectivity index (χ3v) is 3.81. The van der Waals surface area contributed by atoms with Crippen LogP contribution in [0, 0.1) is 0 Å². The first-order valence-corrected chi connectivity index (χ1v) is 8.24. The second-order valence-corrected chi connectivity index (χ2v) is 5.66. The van der Waals surface area contributed by atoms with Crippen LogP contribution in [0.1, 0.15) is 6.92 Å². The Kier molecular flexibility index (Phi) is 7.19. The van der Waals surface area contributed by atoms with Crippen molar-refractivity contribution in [2.45, 2.75) is 13.0 Å². The number of nitrogens with one attached hydrogen (secondary N) is 1. The van der Waals surface area contributed by atoms with Crippen LogP contribution in [-0.4, -0.2) is 35.9 Å². The zero-order valence-electron chi connectivity index (χ0n) is 14.2. The zero-order valence-corrected chi connectivity index (χ0v) is 15.0. The molecule has 3 aromatic rings. The van der Waals surface area contributed by atoms with Gasteiger partial charge in [0.1, 0.15) is 18.5 Å². The standard InChI is InChI=1S/C20H22N2O2.ClH/c1-2-21-13-16(23)14-24-20-12-19(15-8-4-3-5-9-15)22-18-11-7-6-10-17(18)20;/h3-12,16,21,23H,2,13-14H2,1H3;1H. The Morgan fingerprint density at radius 3 is 2.56 bits per heavy atom. The maximum absolute atomic E-state index is 10.00. The van der Waals surface area contributed by atoms with E-state index < -0.39 is 6.10 Å². The lowest BCUT2D eigenvalue weighted by Crippen LogP contribution is -2.31. The molecule has 0 bridgehead atoms. The van der Waals surface area contributed by atoms with Gasteiger partial charge in [-0.25, -0.2) is 4.98 Å². The molecule has 0 saturated heterocycles. The van der Waals surface area contributed by atoms with Crippen LogP contribution in [0.5, 0.6) is 5.75 Å². The average molecular weight is 359 g/mol. The summed E-state index contributed by atoms with van der Waals surface area (Å²) in [5, 5.41) is 14.1. The molecule has 0 fully saturated rings. The molecule has 0 aliphatic carbocycles. The predicted molar refractivity (Wildman–Crippen MR) is 104 cm³/mol. The molecule has 1 unspecified atom stereocenters. The fourth-order valence-electron chi connectivity index (χ4n) is 2.58. The smallest absolute Gasteiger partial charge is 0.131 e. The van der Waals surface area contributed by atoms with Crippen LogP contribution in [0.25, 0.3) is 22.2 Å². The monoisotopic (exact) mass is 358 g/mol. The number of ether oxygens (including phenoxy) is 1. The Morgan fingerprint density at radius 2 is 1.80 bits per heavy atom. The van der Waals surface area contributed by atoms with Crippen LogP contribution in [0.3, 0.4) is 0 Å². The molecule has 3 rings (SSSR count). The van der Waals surface area contributed by atoms with Gasteiger partial charge in [0.25, 0.3) is 0 Å². The van der Waals surface area contributed by atoms with E-state index in [9.17, 15) is 5.11 Å². The van der Waals surface area contributed by atoms with Gasteiger partial charge >= 0.3 is 0 Å². The normalized spacial score (nSPS) is 11.8. The van der Waals surface area contributed by atoms with E-state index in [4.69, 9.17) is 9.72 Å². The van der Waals surface area contributed by atoms with Crippen molar-refractivity contribution in [2.75, 3.05) is 19.7 Å². The van der Waals surface area contributed by atoms with Crippen molar-refractivity contribution in [2.24, 2.45) is 0 Å². The molecule has 0 amide bonds. The number of likely N-dealkylation sites (N-methyl/N-ethyl adjacent to an activating group) is 1. The van der Waals surface area contributed by atoms with Crippen LogP contribution in [0.2, 0.25) is 0 Å². The van der Waals surface area contributed by atoms with Crippen molar-refractivity contribution in [1.82, 2.24) is 10.3 Å². The van der Waals surface area contributed by atoms with E-state index in [1.807, 2.05) is 67.6 Å². The summed E-state index contributed by atoms with van der Waals surface area (Å²) in [5.74, 6) is 0.745. The number of pyridine rings is 1. The predicted octanol–water partition coefficient (Wildman–Crippen LogP) is 3.67. The summed E-state index contributed by atoms with van der Waals surface area (Å²) in [5.41, 5.74) is 2.79. The van der Waals surface area contributed by atoms with Gasteiger partial charge in [-0.1, -0.05) is 49.4 Å². The fourth-order valence-corrected chi connectivity index (χ4v) is 2.58. The first kappa shape index (κ1) is 19.2.